The lowest BCUT2D eigenvalue weighted by molar-refractivity contribution is -0.175. The topological polar surface area (TPSA) is 105 Å². The highest BCUT2D eigenvalue weighted by Gasteiger charge is 2.77. The van der Waals surface area contributed by atoms with E-state index >= 15 is 0 Å². The average molecular weight is 540 g/mol. The summed E-state index contributed by atoms with van der Waals surface area (Å²) < 4.78 is 6.03. The standard InChI is InChI=1S/C32H33N3O5/c36-26-9-8-24(28(37)34-26)35-29(38)23-2-1-3-25(27(23)30(35)39)40-16-19-6-4-18(5-7-19)10-11-33-31-14-21-12-20-13-22(15-31)32(20,21)17-31/h1-7,20-22,24,33H,8-17H2,(H,34,36,37). The van der Waals surface area contributed by atoms with Crippen LogP contribution in [0.1, 0.15) is 76.8 Å². The van der Waals surface area contributed by atoms with E-state index in [1.165, 1.54) is 37.7 Å². The summed E-state index contributed by atoms with van der Waals surface area (Å²) in [7, 11) is 0. The molecule has 4 amide bonds. The minimum Gasteiger partial charge on any atom is -0.488 e. The van der Waals surface area contributed by atoms with Gasteiger partial charge in [-0.2, -0.15) is 0 Å². The van der Waals surface area contributed by atoms with Gasteiger partial charge < -0.3 is 10.1 Å². The molecule has 2 heterocycles. The molecule has 8 nitrogen and oxygen atoms in total. The van der Waals surface area contributed by atoms with Crippen LogP contribution < -0.4 is 15.4 Å². The molecule has 1 saturated heterocycles. The Hall–Kier alpha value is -3.52. The predicted molar refractivity (Wildman–Crippen MR) is 144 cm³/mol. The second kappa shape index (κ2) is 8.49. The van der Waals surface area contributed by atoms with E-state index in [1.807, 2.05) is 0 Å². The Bertz CT molecular complexity index is 1450. The van der Waals surface area contributed by atoms with Crippen LogP contribution in [-0.2, 0) is 22.6 Å². The molecule has 206 valence electrons. The fraction of sp³-hybridized carbons (Fsp3) is 0.500. The third-order valence-electron chi connectivity index (χ3n) is 11.1. The van der Waals surface area contributed by atoms with Crippen LogP contribution >= 0.6 is 0 Å². The molecule has 40 heavy (non-hydrogen) atoms. The van der Waals surface area contributed by atoms with E-state index in [1.54, 1.807) is 18.2 Å². The summed E-state index contributed by atoms with van der Waals surface area (Å²) >= 11 is 0. The Morgan fingerprint density at radius 1 is 0.925 bits per heavy atom. The molecule has 8 heteroatoms. The first-order valence-corrected chi connectivity index (χ1v) is 14.7. The number of carbonyl (C=O) groups is 4. The first-order valence-electron chi connectivity index (χ1n) is 14.7. The molecule has 6 aliphatic rings. The largest absolute Gasteiger partial charge is 0.488 e. The van der Waals surface area contributed by atoms with Crippen molar-refractivity contribution < 1.29 is 23.9 Å². The van der Waals surface area contributed by atoms with Crippen molar-refractivity contribution in [3.8, 4) is 5.75 Å². The van der Waals surface area contributed by atoms with Gasteiger partial charge >= 0.3 is 0 Å². The van der Waals surface area contributed by atoms with Crippen LogP contribution in [0.25, 0.3) is 0 Å². The molecule has 4 saturated carbocycles. The molecule has 4 aliphatic carbocycles. The zero-order valence-corrected chi connectivity index (χ0v) is 22.4. The summed E-state index contributed by atoms with van der Waals surface area (Å²) in [6.07, 6.45) is 8.36. The van der Waals surface area contributed by atoms with Gasteiger partial charge in [-0.05, 0) is 97.9 Å². The highest BCUT2D eigenvalue weighted by Crippen LogP contribution is 2.82. The van der Waals surface area contributed by atoms with E-state index < -0.39 is 29.7 Å². The summed E-state index contributed by atoms with van der Waals surface area (Å²) in [6, 6.07) is 12.3. The van der Waals surface area contributed by atoms with Crippen molar-refractivity contribution in [2.24, 2.45) is 23.2 Å². The number of ether oxygens (including phenoxy) is 1. The first kappa shape index (κ1) is 24.3. The van der Waals surface area contributed by atoms with Gasteiger partial charge in [0.1, 0.15) is 18.4 Å². The Labute approximate surface area is 232 Å². The number of amides is 4. The molecule has 8 rings (SSSR count). The summed E-state index contributed by atoms with van der Waals surface area (Å²) in [4.78, 5) is 51.2. The quantitative estimate of drug-likeness (QED) is 0.499. The second-order valence-electron chi connectivity index (χ2n) is 12.9. The van der Waals surface area contributed by atoms with E-state index in [9.17, 15) is 19.2 Å². The predicted octanol–water partition coefficient (Wildman–Crippen LogP) is 3.38. The number of piperidine rings is 1. The minimum atomic E-state index is -0.996. The molecule has 1 spiro atoms. The smallest absolute Gasteiger partial charge is 0.266 e. The Kier molecular flexibility index (Phi) is 5.16. The number of nitrogens with one attached hydrogen (secondary N) is 2. The lowest BCUT2D eigenvalue weighted by atomic mass is 9.38. The molecular formula is C32H33N3O5. The number of fused-ring (bicyclic) bond motifs is 2. The third-order valence-corrected chi connectivity index (χ3v) is 11.1. The number of imide groups is 2. The van der Waals surface area contributed by atoms with Crippen LogP contribution in [-0.4, -0.2) is 46.7 Å². The van der Waals surface area contributed by atoms with Gasteiger partial charge in [-0.25, -0.2) is 0 Å². The number of hydrogen-bond acceptors (Lipinski definition) is 6. The van der Waals surface area contributed by atoms with Crippen molar-refractivity contribution >= 4 is 23.6 Å². The van der Waals surface area contributed by atoms with Crippen molar-refractivity contribution in [3.63, 3.8) is 0 Å². The van der Waals surface area contributed by atoms with E-state index in [-0.39, 0.29) is 30.6 Å². The normalized spacial score (nSPS) is 34.8. The lowest BCUT2D eigenvalue weighted by Crippen LogP contribution is -2.60. The van der Waals surface area contributed by atoms with E-state index in [2.05, 4.69) is 34.9 Å². The zero-order valence-electron chi connectivity index (χ0n) is 22.4. The number of hydrogen-bond donors (Lipinski definition) is 2. The van der Waals surface area contributed by atoms with Gasteiger partial charge in [0.05, 0.1) is 11.1 Å². The summed E-state index contributed by atoms with van der Waals surface area (Å²) in [5.41, 5.74) is 3.79. The number of rotatable bonds is 8. The van der Waals surface area contributed by atoms with Crippen LogP contribution in [0.15, 0.2) is 42.5 Å². The number of benzene rings is 2. The maximum atomic E-state index is 13.3. The Morgan fingerprint density at radius 3 is 2.38 bits per heavy atom. The van der Waals surface area contributed by atoms with Crippen LogP contribution in [0.5, 0.6) is 5.75 Å². The molecular weight excluding hydrogens is 506 g/mol. The fourth-order valence-electron chi connectivity index (χ4n) is 9.32. The molecule has 2 aromatic carbocycles. The lowest BCUT2D eigenvalue weighted by Gasteiger charge is -2.66. The van der Waals surface area contributed by atoms with Crippen LogP contribution in [0.4, 0.5) is 0 Å². The molecule has 3 unspecified atom stereocenters. The zero-order chi connectivity index (χ0) is 27.2. The van der Waals surface area contributed by atoms with Gasteiger partial charge in [-0.1, -0.05) is 30.3 Å². The maximum absolute atomic E-state index is 13.3. The van der Waals surface area contributed by atoms with Gasteiger partial charge in [0, 0.05) is 12.0 Å². The molecule has 3 atom stereocenters. The van der Waals surface area contributed by atoms with Crippen molar-refractivity contribution in [1.82, 2.24) is 15.5 Å². The third kappa shape index (κ3) is 3.35. The molecule has 2 aromatic rings. The summed E-state index contributed by atoms with van der Waals surface area (Å²) in [5, 5.41) is 6.21. The average Bonchev–Trinajstić information content (AvgIpc) is 3.50. The Balaban J connectivity index is 0.889. The molecule has 0 aromatic heterocycles. The number of carbonyl (C=O) groups excluding carboxylic acids is 4. The van der Waals surface area contributed by atoms with Crippen molar-refractivity contribution in [2.75, 3.05) is 6.54 Å². The minimum absolute atomic E-state index is 0.0855. The number of nitrogens with zero attached hydrogens (tertiary/aromatic N) is 1. The van der Waals surface area contributed by atoms with Gasteiger partial charge in [0.2, 0.25) is 11.8 Å². The van der Waals surface area contributed by atoms with Crippen LogP contribution in [0.3, 0.4) is 0 Å². The van der Waals surface area contributed by atoms with Crippen molar-refractivity contribution in [1.29, 1.82) is 0 Å². The fourth-order valence-corrected chi connectivity index (χ4v) is 9.32. The molecule has 2 N–H and O–H groups in total. The van der Waals surface area contributed by atoms with Gasteiger partial charge in [0.15, 0.2) is 0 Å². The summed E-state index contributed by atoms with van der Waals surface area (Å²) in [6.45, 7) is 1.26. The van der Waals surface area contributed by atoms with E-state index in [4.69, 9.17) is 4.74 Å². The highest BCUT2D eigenvalue weighted by molar-refractivity contribution is 6.24. The Morgan fingerprint density at radius 2 is 1.68 bits per heavy atom. The highest BCUT2D eigenvalue weighted by atomic mass is 16.5. The van der Waals surface area contributed by atoms with Gasteiger partial charge in [-0.15, -0.1) is 0 Å². The molecule has 2 bridgehead atoms. The molecule has 2 aliphatic heterocycles. The van der Waals surface area contributed by atoms with Gasteiger partial charge in [-0.3, -0.25) is 29.4 Å². The second-order valence-corrected chi connectivity index (χ2v) is 12.9. The molecule has 5 fully saturated rings. The van der Waals surface area contributed by atoms with Crippen molar-refractivity contribution in [2.45, 2.75) is 69.6 Å². The monoisotopic (exact) mass is 539 g/mol. The van der Waals surface area contributed by atoms with E-state index in [0.717, 1.165) is 46.6 Å². The molecule has 0 radical (unpaired) electrons. The van der Waals surface area contributed by atoms with Crippen molar-refractivity contribution in [3.05, 3.63) is 64.7 Å². The van der Waals surface area contributed by atoms with Crippen LogP contribution in [0.2, 0.25) is 0 Å². The van der Waals surface area contributed by atoms with Crippen LogP contribution in [0, 0.1) is 23.2 Å². The SMILES string of the molecule is O=C1CCC(N2C(=O)c3cccc(OCc4ccc(CCNC56CC7CC8CC(C5)C87C6)cc4)c3C2=O)C(=O)N1. The van der Waals surface area contributed by atoms with Gasteiger partial charge in [0.25, 0.3) is 11.8 Å². The maximum Gasteiger partial charge on any atom is 0.266 e. The van der Waals surface area contributed by atoms with E-state index in [0.29, 0.717) is 11.3 Å². The summed E-state index contributed by atoms with van der Waals surface area (Å²) in [5.74, 6) is 1.24. The first-order chi connectivity index (χ1) is 19.4.